The van der Waals surface area contributed by atoms with E-state index in [9.17, 15) is 4.79 Å². The first-order valence-corrected chi connectivity index (χ1v) is 7.23. The molecule has 0 bridgehead atoms. The molecule has 0 saturated heterocycles. The molecule has 2 unspecified atom stereocenters. The standard InChI is InChI=1S/C16H24N2O/c1-3-15(17)16(19)18(12(2)14-9-10-14)11-13-7-5-4-6-8-13/h4-8,12,14-15H,3,9-11,17H2,1-2H3. The summed E-state index contributed by atoms with van der Waals surface area (Å²) in [5.74, 6) is 0.752. The van der Waals surface area contributed by atoms with Crippen LogP contribution in [0.15, 0.2) is 30.3 Å². The second kappa shape index (κ2) is 6.20. The van der Waals surface area contributed by atoms with Gasteiger partial charge in [0, 0.05) is 12.6 Å². The summed E-state index contributed by atoms with van der Waals surface area (Å²) < 4.78 is 0. The molecular weight excluding hydrogens is 236 g/mol. The van der Waals surface area contributed by atoms with Crippen LogP contribution in [0.25, 0.3) is 0 Å². The Hall–Kier alpha value is -1.35. The van der Waals surface area contributed by atoms with E-state index in [1.807, 2.05) is 30.0 Å². The highest BCUT2D eigenvalue weighted by atomic mass is 16.2. The molecule has 19 heavy (non-hydrogen) atoms. The van der Waals surface area contributed by atoms with Gasteiger partial charge in [-0.2, -0.15) is 0 Å². The fourth-order valence-electron chi connectivity index (χ4n) is 2.42. The summed E-state index contributed by atoms with van der Waals surface area (Å²) in [4.78, 5) is 14.4. The van der Waals surface area contributed by atoms with Crippen LogP contribution < -0.4 is 5.73 Å². The van der Waals surface area contributed by atoms with Crippen molar-refractivity contribution in [2.45, 2.75) is 51.7 Å². The first kappa shape index (κ1) is 14.1. The average molecular weight is 260 g/mol. The molecule has 3 heteroatoms. The van der Waals surface area contributed by atoms with Crippen molar-refractivity contribution < 1.29 is 4.79 Å². The number of nitrogens with zero attached hydrogens (tertiary/aromatic N) is 1. The van der Waals surface area contributed by atoms with E-state index in [1.165, 1.54) is 18.4 Å². The maximum atomic E-state index is 12.5. The second-order valence-electron chi connectivity index (χ2n) is 5.54. The summed E-state index contributed by atoms with van der Waals surface area (Å²) in [6, 6.07) is 10.1. The Morgan fingerprint density at radius 3 is 2.53 bits per heavy atom. The monoisotopic (exact) mass is 260 g/mol. The van der Waals surface area contributed by atoms with E-state index in [0.29, 0.717) is 24.9 Å². The summed E-state index contributed by atoms with van der Waals surface area (Å²) >= 11 is 0. The zero-order chi connectivity index (χ0) is 13.8. The zero-order valence-corrected chi connectivity index (χ0v) is 11.9. The summed E-state index contributed by atoms with van der Waals surface area (Å²) in [5, 5.41) is 0. The van der Waals surface area contributed by atoms with Crippen LogP contribution in [0.5, 0.6) is 0 Å². The van der Waals surface area contributed by atoms with Crippen LogP contribution in [-0.4, -0.2) is 22.9 Å². The first-order chi connectivity index (χ1) is 9.13. The Balaban J connectivity index is 2.11. The maximum absolute atomic E-state index is 12.5. The van der Waals surface area contributed by atoms with E-state index in [0.717, 1.165) is 0 Å². The Labute approximate surface area is 115 Å². The van der Waals surface area contributed by atoms with Gasteiger partial charge >= 0.3 is 0 Å². The molecule has 1 saturated carbocycles. The molecule has 0 aliphatic heterocycles. The smallest absolute Gasteiger partial charge is 0.240 e. The van der Waals surface area contributed by atoms with Gasteiger partial charge in [-0.3, -0.25) is 4.79 Å². The zero-order valence-electron chi connectivity index (χ0n) is 11.9. The normalized spacial score (nSPS) is 17.8. The Kier molecular flexibility index (Phi) is 4.59. The number of carbonyl (C=O) groups is 1. The van der Waals surface area contributed by atoms with Crippen molar-refractivity contribution in [3.05, 3.63) is 35.9 Å². The van der Waals surface area contributed by atoms with Crippen LogP contribution in [0.3, 0.4) is 0 Å². The molecule has 0 aromatic heterocycles. The van der Waals surface area contributed by atoms with Gasteiger partial charge < -0.3 is 10.6 Å². The molecule has 1 aliphatic rings. The molecule has 1 fully saturated rings. The third kappa shape index (κ3) is 3.57. The van der Waals surface area contributed by atoms with Crippen molar-refractivity contribution in [3.63, 3.8) is 0 Å². The molecule has 1 aliphatic carbocycles. The lowest BCUT2D eigenvalue weighted by Crippen LogP contribution is -2.47. The molecule has 0 radical (unpaired) electrons. The van der Waals surface area contributed by atoms with E-state index >= 15 is 0 Å². The molecule has 1 aromatic carbocycles. The fraction of sp³-hybridized carbons (Fsp3) is 0.562. The minimum Gasteiger partial charge on any atom is -0.334 e. The highest BCUT2D eigenvalue weighted by Crippen LogP contribution is 2.35. The number of hydrogen-bond donors (Lipinski definition) is 1. The van der Waals surface area contributed by atoms with Crippen LogP contribution in [-0.2, 0) is 11.3 Å². The number of carbonyl (C=O) groups excluding carboxylic acids is 1. The molecule has 1 aromatic rings. The molecule has 2 atom stereocenters. The van der Waals surface area contributed by atoms with Crippen molar-refractivity contribution in [3.8, 4) is 0 Å². The molecule has 2 rings (SSSR count). The highest BCUT2D eigenvalue weighted by Gasteiger charge is 2.35. The van der Waals surface area contributed by atoms with Crippen LogP contribution in [0.2, 0.25) is 0 Å². The third-order valence-corrected chi connectivity index (χ3v) is 4.03. The molecule has 104 valence electrons. The van der Waals surface area contributed by atoms with Gasteiger partial charge in [-0.15, -0.1) is 0 Å². The van der Waals surface area contributed by atoms with Crippen LogP contribution in [0, 0.1) is 5.92 Å². The van der Waals surface area contributed by atoms with E-state index < -0.39 is 0 Å². The number of nitrogens with two attached hydrogens (primary N) is 1. The van der Waals surface area contributed by atoms with Crippen LogP contribution >= 0.6 is 0 Å². The van der Waals surface area contributed by atoms with E-state index in [1.54, 1.807) is 0 Å². The SMILES string of the molecule is CCC(N)C(=O)N(Cc1ccccc1)C(C)C1CC1. The van der Waals surface area contributed by atoms with Gasteiger partial charge in [-0.25, -0.2) is 0 Å². The molecular formula is C16H24N2O. The number of hydrogen-bond acceptors (Lipinski definition) is 2. The minimum absolute atomic E-state index is 0.0887. The predicted molar refractivity (Wildman–Crippen MR) is 77.4 cm³/mol. The largest absolute Gasteiger partial charge is 0.334 e. The lowest BCUT2D eigenvalue weighted by Gasteiger charge is -2.31. The Morgan fingerprint density at radius 1 is 1.37 bits per heavy atom. The Bertz CT molecular complexity index is 414. The van der Waals surface area contributed by atoms with Gasteiger partial charge in [0.1, 0.15) is 0 Å². The van der Waals surface area contributed by atoms with Gasteiger partial charge in [0.15, 0.2) is 0 Å². The lowest BCUT2D eigenvalue weighted by atomic mass is 10.1. The van der Waals surface area contributed by atoms with Crippen molar-refractivity contribution in [1.82, 2.24) is 4.90 Å². The van der Waals surface area contributed by atoms with Crippen molar-refractivity contribution in [2.75, 3.05) is 0 Å². The summed E-state index contributed by atoms with van der Waals surface area (Å²) in [6.45, 7) is 4.79. The van der Waals surface area contributed by atoms with E-state index in [4.69, 9.17) is 5.73 Å². The Morgan fingerprint density at radius 2 is 2.00 bits per heavy atom. The van der Waals surface area contributed by atoms with E-state index in [2.05, 4.69) is 19.1 Å². The van der Waals surface area contributed by atoms with Crippen molar-refractivity contribution >= 4 is 5.91 Å². The molecule has 3 nitrogen and oxygen atoms in total. The molecule has 1 amide bonds. The average Bonchev–Trinajstić information content (AvgIpc) is 3.28. The molecule has 0 heterocycles. The van der Waals surface area contributed by atoms with E-state index in [-0.39, 0.29) is 11.9 Å². The second-order valence-corrected chi connectivity index (χ2v) is 5.54. The topological polar surface area (TPSA) is 46.3 Å². The van der Waals surface area contributed by atoms with Gasteiger partial charge in [0.05, 0.1) is 6.04 Å². The summed E-state index contributed by atoms with van der Waals surface area (Å²) in [7, 11) is 0. The summed E-state index contributed by atoms with van der Waals surface area (Å²) in [5.41, 5.74) is 7.11. The highest BCUT2D eigenvalue weighted by molar-refractivity contribution is 5.81. The maximum Gasteiger partial charge on any atom is 0.240 e. The third-order valence-electron chi connectivity index (χ3n) is 4.03. The quantitative estimate of drug-likeness (QED) is 0.854. The van der Waals surface area contributed by atoms with Gasteiger partial charge in [0.25, 0.3) is 0 Å². The van der Waals surface area contributed by atoms with Gasteiger partial charge in [0.2, 0.25) is 5.91 Å². The number of rotatable bonds is 6. The van der Waals surface area contributed by atoms with Crippen molar-refractivity contribution in [1.29, 1.82) is 0 Å². The molecule has 2 N–H and O–H groups in total. The first-order valence-electron chi connectivity index (χ1n) is 7.23. The number of amides is 1. The van der Waals surface area contributed by atoms with Gasteiger partial charge in [-0.05, 0) is 37.7 Å². The lowest BCUT2D eigenvalue weighted by molar-refractivity contribution is -0.135. The minimum atomic E-state index is -0.370. The van der Waals surface area contributed by atoms with Crippen LogP contribution in [0.1, 0.15) is 38.7 Å². The molecule has 0 spiro atoms. The summed E-state index contributed by atoms with van der Waals surface area (Å²) in [6.07, 6.45) is 3.17. The van der Waals surface area contributed by atoms with Gasteiger partial charge in [-0.1, -0.05) is 37.3 Å². The fourth-order valence-corrected chi connectivity index (χ4v) is 2.42. The predicted octanol–water partition coefficient (Wildman–Crippen LogP) is 2.55. The number of benzene rings is 1. The van der Waals surface area contributed by atoms with Crippen LogP contribution in [0.4, 0.5) is 0 Å². The van der Waals surface area contributed by atoms with Crippen molar-refractivity contribution in [2.24, 2.45) is 11.7 Å².